The van der Waals surface area contributed by atoms with Crippen LogP contribution in [0.5, 0.6) is 5.75 Å². The van der Waals surface area contributed by atoms with Gasteiger partial charge in [0.25, 0.3) is 0 Å². The number of rotatable bonds is 4. The second-order valence-corrected chi connectivity index (χ2v) is 3.93. The topological polar surface area (TPSA) is 26.3 Å². The molecular formula is C12H13FO2. The van der Waals surface area contributed by atoms with Crippen molar-refractivity contribution in [1.29, 1.82) is 0 Å². The van der Waals surface area contributed by atoms with E-state index in [1.54, 1.807) is 6.07 Å². The maximum atomic E-state index is 13.4. The summed E-state index contributed by atoms with van der Waals surface area (Å²) in [5, 5.41) is 0. The molecule has 1 aliphatic rings. The van der Waals surface area contributed by atoms with Crippen molar-refractivity contribution in [3.63, 3.8) is 0 Å². The zero-order chi connectivity index (χ0) is 10.8. The lowest BCUT2D eigenvalue weighted by Gasteiger charge is -2.09. The average molecular weight is 208 g/mol. The van der Waals surface area contributed by atoms with Crippen LogP contribution in [0, 0.1) is 11.7 Å². The number of benzene rings is 1. The van der Waals surface area contributed by atoms with E-state index in [4.69, 9.17) is 4.74 Å². The van der Waals surface area contributed by atoms with Gasteiger partial charge in [-0.25, -0.2) is 4.39 Å². The Hall–Kier alpha value is -1.38. The normalized spacial score (nSPS) is 15.1. The monoisotopic (exact) mass is 208 g/mol. The van der Waals surface area contributed by atoms with Crippen molar-refractivity contribution in [3.05, 3.63) is 29.6 Å². The predicted molar refractivity (Wildman–Crippen MR) is 54.6 cm³/mol. The number of halogens is 1. The first-order valence-electron chi connectivity index (χ1n) is 5.10. The maximum Gasteiger partial charge on any atom is 0.165 e. The molecule has 15 heavy (non-hydrogen) atoms. The molecule has 1 saturated carbocycles. The predicted octanol–water partition coefficient (Wildman–Crippen LogP) is 2.82. The van der Waals surface area contributed by atoms with Crippen molar-refractivity contribution in [2.75, 3.05) is 6.61 Å². The van der Waals surface area contributed by atoms with Gasteiger partial charge < -0.3 is 4.74 Å². The van der Waals surface area contributed by atoms with Gasteiger partial charge in [-0.05, 0) is 37.8 Å². The first kappa shape index (κ1) is 10.1. The summed E-state index contributed by atoms with van der Waals surface area (Å²) in [7, 11) is 0. The van der Waals surface area contributed by atoms with Crippen molar-refractivity contribution < 1.29 is 13.9 Å². The quantitative estimate of drug-likeness (QED) is 0.711. The SMILES string of the molecule is CC(=O)c1cccc(F)c1OCC1CC1. The van der Waals surface area contributed by atoms with Crippen molar-refractivity contribution in [2.45, 2.75) is 19.8 Å². The summed E-state index contributed by atoms with van der Waals surface area (Å²) in [5.74, 6) is 0.0324. The van der Waals surface area contributed by atoms with E-state index in [0.717, 1.165) is 12.8 Å². The molecule has 1 aliphatic carbocycles. The average Bonchev–Trinajstić information content (AvgIpc) is 2.99. The van der Waals surface area contributed by atoms with E-state index in [-0.39, 0.29) is 11.5 Å². The molecular weight excluding hydrogens is 195 g/mol. The van der Waals surface area contributed by atoms with Crippen molar-refractivity contribution in [3.8, 4) is 5.75 Å². The van der Waals surface area contributed by atoms with Gasteiger partial charge >= 0.3 is 0 Å². The van der Waals surface area contributed by atoms with Crippen molar-refractivity contribution in [2.24, 2.45) is 5.92 Å². The fourth-order valence-electron chi connectivity index (χ4n) is 1.42. The fraction of sp³-hybridized carbons (Fsp3) is 0.417. The van der Waals surface area contributed by atoms with E-state index in [1.807, 2.05) is 0 Å². The van der Waals surface area contributed by atoms with Crippen LogP contribution in [0.1, 0.15) is 30.1 Å². The van der Waals surface area contributed by atoms with Gasteiger partial charge in [0.2, 0.25) is 0 Å². The molecule has 3 heteroatoms. The van der Waals surface area contributed by atoms with Crippen LogP contribution in [0.15, 0.2) is 18.2 Å². The van der Waals surface area contributed by atoms with Gasteiger partial charge in [0.1, 0.15) is 0 Å². The van der Waals surface area contributed by atoms with Gasteiger partial charge in [-0.1, -0.05) is 6.07 Å². The Morgan fingerprint density at radius 3 is 2.87 bits per heavy atom. The minimum atomic E-state index is -0.455. The molecule has 0 saturated heterocycles. The molecule has 0 aliphatic heterocycles. The number of ketones is 1. The number of Topliss-reactive ketones (excluding diaryl/α,β-unsaturated/α-hetero) is 1. The third kappa shape index (κ3) is 2.35. The summed E-state index contributed by atoms with van der Waals surface area (Å²) in [5.41, 5.74) is 0.329. The highest BCUT2D eigenvalue weighted by molar-refractivity contribution is 5.96. The number of para-hydroxylation sites is 1. The van der Waals surface area contributed by atoms with E-state index >= 15 is 0 Å². The van der Waals surface area contributed by atoms with Gasteiger partial charge in [0.05, 0.1) is 12.2 Å². The summed E-state index contributed by atoms with van der Waals surface area (Å²) < 4.78 is 18.8. The van der Waals surface area contributed by atoms with E-state index in [1.165, 1.54) is 19.1 Å². The molecule has 2 rings (SSSR count). The first-order valence-corrected chi connectivity index (χ1v) is 5.10. The lowest BCUT2D eigenvalue weighted by molar-refractivity contribution is 0.101. The molecule has 80 valence electrons. The van der Waals surface area contributed by atoms with Crippen LogP contribution in [0.25, 0.3) is 0 Å². The second-order valence-electron chi connectivity index (χ2n) is 3.93. The number of hydrogen-bond donors (Lipinski definition) is 0. The highest BCUT2D eigenvalue weighted by Crippen LogP contribution is 2.31. The summed E-state index contributed by atoms with van der Waals surface area (Å²) in [6.07, 6.45) is 2.29. The van der Waals surface area contributed by atoms with Crippen LogP contribution < -0.4 is 4.74 Å². The van der Waals surface area contributed by atoms with Crippen LogP contribution in [-0.2, 0) is 0 Å². The van der Waals surface area contributed by atoms with Gasteiger partial charge in [0, 0.05) is 0 Å². The lowest BCUT2D eigenvalue weighted by atomic mass is 10.1. The van der Waals surface area contributed by atoms with Crippen molar-refractivity contribution in [1.82, 2.24) is 0 Å². The summed E-state index contributed by atoms with van der Waals surface area (Å²) >= 11 is 0. The lowest BCUT2D eigenvalue weighted by Crippen LogP contribution is -2.06. The van der Waals surface area contributed by atoms with E-state index in [0.29, 0.717) is 18.1 Å². The van der Waals surface area contributed by atoms with Gasteiger partial charge in [-0.2, -0.15) is 0 Å². The largest absolute Gasteiger partial charge is 0.489 e. The second kappa shape index (κ2) is 4.01. The molecule has 0 bridgehead atoms. The first-order chi connectivity index (χ1) is 7.18. The molecule has 0 heterocycles. The molecule has 1 aromatic carbocycles. The van der Waals surface area contributed by atoms with Gasteiger partial charge in [0.15, 0.2) is 17.3 Å². The maximum absolute atomic E-state index is 13.4. The molecule has 0 N–H and O–H groups in total. The minimum Gasteiger partial charge on any atom is -0.489 e. The van der Waals surface area contributed by atoms with Crippen LogP contribution in [-0.4, -0.2) is 12.4 Å². The summed E-state index contributed by atoms with van der Waals surface area (Å²) in [6, 6.07) is 4.43. The summed E-state index contributed by atoms with van der Waals surface area (Å²) in [4.78, 5) is 11.2. The molecule has 0 spiro atoms. The van der Waals surface area contributed by atoms with Crippen LogP contribution in [0.3, 0.4) is 0 Å². The zero-order valence-electron chi connectivity index (χ0n) is 8.63. The van der Waals surface area contributed by atoms with Crippen molar-refractivity contribution >= 4 is 5.78 Å². The molecule has 0 radical (unpaired) electrons. The van der Waals surface area contributed by atoms with E-state index < -0.39 is 5.82 Å². The Morgan fingerprint density at radius 2 is 2.27 bits per heavy atom. The Labute approximate surface area is 88.1 Å². The smallest absolute Gasteiger partial charge is 0.165 e. The standard InChI is InChI=1S/C12H13FO2/c1-8(14)10-3-2-4-11(13)12(10)15-7-9-5-6-9/h2-4,9H,5-7H2,1H3. The Kier molecular flexibility index (Phi) is 2.71. The van der Waals surface area contributed by atoms with E-state index in [9.17, 15) is 9.18 Å². The van der Waals surface area contributed by atoms with E-state index in [2.05, 4.69) is 0 Å². The van der Waals surface area contributed by atoms with Crippen LogP contribution >= 0.6 is 0 Å². The minimum absolute atomic E-state index is 0.108. The molecule has 0 amide bonds. The Morgan fingerprint density at radius 1 is 1.53 bits per heavy atom. The summed E-state index contributed by atoms with van der Waals surface area (Å²) in [6.45, 7) is 1.93. The number of hydrogen-bond acceptors (Lipinski definition) is 2. The number of carbonyl (C=O) groups excluding carboxylic acids is 1. The molecule has 2 nitrogen and oxygen atoms in total. The Bertz CT molecular complexity index is 383. The highest BCUT2D eigenvalue weighted by atomic mass is 19.1. The van der Waals surface area contributed by atoms with Gasteiger partial charge in [-0.15, -0.1) is 0 Å². The van der Waals surface area contributed by atoms with Crippen LogP contribution in [0.4, 0.5) is 4.39 Å². The number of ether oxygens (including phenoxy) is 1. The zero-order valence-corrected chi connectivity index (χ0v) is 8.63. The third-order valence-electron chi connectivity index (χ3n) is 2.51. The number of carbonyl (C=O) groups is 1. The highest BCUT2D eigenvalue weighted by Gasteiger charge is 2.23. The molecule has 1 aromatic rings. The molecule has 1 fully saturated rings. The van der Waals surface area contributed by atoms with Crippen LogP contribution in [0.2, 0.25) is 0 Å². The van der Waals surface area contributed by atoms with Gasteiger partial charge in [-0.3, -0.25) is 4.79 Å². The third-order valence-corrected chi connectivity index (χ3v) is 2.51. The Balaban J connectivity index is 2.20. The molecule has 0 atom stereocenters. The molecule has 0 unspecified atom stereocenters. The fourth-order valence-corrected chi connectivity index (χ4v) is 1.42. The molecule has 0 aromatic heterocycles.